The van der Waals surface area contributed by atoms with Crippen LogP contribution < -0.4 is 11.1 Å². The summed E-state index contributed by atoms with van der Waals surface area (Å²) in [5.74, 6) is -0.467. The molecular weight excluding hydrogens is 296 g/mol. The van der Waals surface area contributed by atoms with Gasteiger partial charge in [0.25, 0.3) is 11.6 Å². The molecule has 0 fully saturated rings. The quantitative estimate of drug-likeness (QED) is 0.454. The highest BCUT2D eigenvalue weighted by molar-refractivity contribution is 6.34. The number of nitrogen functional groups attached to an aromatic ring is 1. The smallest absolute Gasteiger partial charge is 0.271 e. The van der Waals surface area contributed by atoms with E-state index in [9.17, 15) is 14.9 Å². The van der Waals surface area contributed by atoms with E-state index in [-0.39, 0.29) is 22.0 Å². The predicted molar refractivity (Wildman–Crippen MR) is 82.6 cm³/mol. The van der Waals surface area contributed by atoms with Crippen LogP contribution in [-0.2, 0) is 0 Å². The molecule has 0 aromatic heterocycles. The van der Waals surface area contributed by atoms with E-state index in [0.29, 0.717) is 13.1 Å². The number of anilines is 1. The first-order valence-electron chi connectivity index (χ1n) is 6.64. The Morgan fingerprint density at radius 1 is 1.43 bits per heavy atom. The number of likely N-dealkylation sites (N-methyl/N-ethyl adjacent to an activating group) is 1. The van der Waals surface area contributed by atoms with E-state index in [1.54, 1.807) is 0 Å². The van der Waals surface area contributed by atoms with Crippen molar-refractivity contribution in [3.63, 3.8) is 0 Å². The number of amides is 1. The molecule has 1 aromatic rings. The van der Waals surface area contributed by atoms with Gasteiger partial charge in [-0.25, -0.2) is 0 Å². The summed E-state index contributed by atoms with van der Waals surface area (Å²) in [5.41, 5.74) is 5.52. The van der Waals surface area contributed by atoms with Gasteiger partial charge in [-0.1, -0.05) is 25.4 Å². The molecule has 0 saturated heterocycles. The molecule has 1 aromatic carbocycles. The second-order valence-corrected chi connectivity index (χ2v) is 4.84. The summed E-state index contributed by atoms with van der Waals surface area (Å²) in [4.78, 5) is 24.4. The van der Waals surface area contributed by atoms with E-state index in [1.165, 1.54) is 0 Å². The normalized spacial score (nSPS) is 10.7. The first kappa shape index (κ1) is 17.2. The number of carbonyl (C=O) groups excluding carboxylic acids is 1. The lowest BCUT2D eigenvalue weighted by Gasteiger charge is -2.18. The maximum atomic E-state index is 12.1. The molecule has 0 radical (unpaired) electrons. The van der Waals surface area contributed by atoms with Gasteiger partial charge in [0.1, 0.15) is 0 Å². The molecule has 0 spiro atoms. The lowest BCUT2D eigenvalue weighted by Crippen LogP contribution is -2.35. The fourth-order valence-corrected chi connectivity index (χ4v) is 2.07. The number of hydrogen-bond donors (Lipinski definition) is 2. The molecule has 0 aliphatic carbocycles. The minimum absolute atomic E-state index is 0.00177. The Hall–Kier alpha value is -1.86. The Morgan fingerprint density at radius 2 is 2.05 bits per heavy atom. The Labute approximate surface area is 128 Å². The van der Waals surface area contributed by atoms with Crippen LogP contribution in [0.2, 0.25) is 5.02 Å². The Balaban J connectivity index is 2.80. The number of non-ortho nitro benzene ring substituents is 1. The monoisotopic (exact) mass is 314 g/mol. The third kappa shape index (κ3) is 4.57. The van der Waals surface area contributed by atoms with Crippen molar-refractivity contribution in [1.29, 1.82) is 0 Å². The fourth-order valence-electron chi connectivity index (χ4n) is 1.86. The minimum atomic E-state index is -0.613. The molecule has 1 rings (SSSR count). The zero-order valence-corrected chi connectivity index (χ0v) is 12.8. The summed E-state index contributed by atoms with van der Waals surface area (Å²) in [6.07, 6.45) is 0. The van der Waals surface area contributed by atoms with Crippen LogP contribution in [0.3, 0.4) is 0 Å². The third-order valence-electron chi connectivity index (χ3n) is 3.18. The molecule has 0 aliphatic heterocycles. The van der Waals surface area contributed by atoms with Crippen LogP contribution >= 0.6 is 11.6 Å². The molecule has 8 heteroatoms. The molecule has 21 heavy (non-hydrogen) atoms. The van der Waals surface area contributed by atoms with Gasteiger partial charge in [-0.3, -0.25) is 14.9 Å². The SMILES string of the molecule is CCN(CC)CCNC(=O)c1cc([N+](=O)[O-])cc(Cl)c1N. The average molecular weight is 315 g/mol. The van der Waals surface area contributed by atoms with E-state index in [1.807, 2.05) is 13.8 Å². The number of nitro benzene ring substituents is 1. The zero-order chi connectivity index (χ0) is 16.0. The van der Waals surface area contributed by atoms with E-state index in [0.717, 1.165) is 25.2 Å². The molecule has 0 aliphatic rings. The number of nitro groups is 1. The van der Waals surface area contributed by atoms with E-state index in [4.69, 9.17) is 17.3 Å². The third-order valence-corrected chi connectivity index (χ3v) is 3.49. The van der Waals surface area contributed by atoms with Crippen molar-refractivity contribution in [2.24, 2.45) is 0 Å². The highest BCUT2D eigenvalue weighted by atomic mass is 35.5. The summed E-state index contributed by atoms with van der Waals surface area (Å²) < 4.78 is 0. The van der Waals surface area contributed by atoms with Crippen LogP contribution in [0.4, 0.5) is 11.4 Å². The van der Waals surface area contributed by atoms with Crippen LogP contribution in [0, 0.1) is 10.1 Å². The van der Waals surface area contributed by atoms with Gasteiger partial charge in [-0.2, -0.15) is 0 Å². The molecule has 116 valence electrons. The van der Waals surface area contributed by atoms with Crippen LogP contribution in [0.1, 0.15) is 24.2 Å². The second kappa shape index (κ2) is 7.80. The summed E-state index contributed by atoms with van der Waals surface area (Å²) >= 11 is 5.82. The molecule has 1 amide bonds. The number of benzene rings is 1. The highest BCUT2D eigenvalue weighted by Crippen LogP contribution is 2.28. The predicted octanol–water partition coefficient (Wildman–Crippen LogP) is 1.90. The standard InChI is InChI=1S/C13H19ClN4O3/c1-3-17(4-2)6-5-16-13(19)10-7-9(18(20)21)8-11(14)12(10)15/h7-8H,3-6,15H2,1-2H3,(H,16,19). The average Bonchev–Trinajstić information content (AvgIpc) is 2.45. The molecule has 0 atom stereocenters. The van der Waals surface area contributed by atoms with Gasteiger partial charge < -0.3 is 16.0 Å². The van der Waals surface area contributed by atoms with Gasteiger partial charge in [0.15, 0.2) is 0 Å². The van der Waals surface area contributed by atoms with Crippen LogP contribution in [0.5, 0.6) is 0 Å². The molecule has 7 nitrogen and oxygen atoms in total. The largest absolute Gasteiger partial charge is 0.397 e. The number of nitrogens with zero attached hydrogens (tertiary/aromatic N) is 2. The first-order valence-corrected chi connectivity index (χ1v) is 7.02. The van der Waals surface area contributed by atoms with E-state index >= 15 is 0 Å². The number of rotatable bonds is 7. The lowest BCUT2D eigenvalue weighted by atomic mass is 10.1. The van der Waals surface area contributed by atoms with Crippen molar-refractivity contribution in [2.45, 2.75) is 13.8 Å². The number of nitrogens with one attached hydrogen (secondary N) is 1. The highest BCUT2D eigenvalue weighted by Gasteiger charge is 2.18. The van der Waals surface area contributed by atoms with Crippen molar-refractivity contribution < 1.29 is 9.72 Å². The summed E-state index contributed by atoms with van der Waals surface area (Å²) in [6.45, 7) is 6.96. The van der Waals surface area contributed by atoms with Crippen LogP contribution in [0.25, 0.3) is 0 Å². The van der Waals surface area contributed by atoms with E-state index < -0.39 is 10.8 Å². The summed E-state index contributed by atoms with van der Waals surface area (Å²) in [7, 11) is 0. The second-order valence-electron chi connectivity index (χ2n) is 4.43. The molecule has 0 unspecified atom stereocenters. The number of hydrogen-bond acceptors (Lipinski definition) is 5. The first-order chi connectivity index (χ1) is 9.90. The maximum absolute atomic E-state index is 12.1. The van der Waals surface area contributed by atoms with Gasteiger partial charge in [-0.15, -0.1) is 0 Å². The number of halogens is 1. The van der Waals surface area contributed by atoms with Crippen molar-refractivity contribution in [3.8, 4) is 0 Å². The number of nitrogens with two attached hydrogens (primary N) is 1. The molecule has 0 heterocycles. The Kier molecular flexibility index (Phi) is 6.39. The molecular formula is C13H19ClN4O3. The van der Waals surface area contributed by atoms with Gasteiger partial charge in [0.2, 0.25) is 0 Å². The molecule has 0 saturated carbocycles. The van der Waals surface area contributed by atoms with Crippen molar-refractivity contribution in [3.05, 3.63) is 32.8 Å². The van der Waals surface area contributed by atoms with Crippen LogP contribution in [-0.4, -0.2) is 41.9 Å². The molecule has 0 bridgehead atoms. The summed E-state index contributed by atoms with van der Waals surface area (Å²) in [5, 5.41) is 13.5. The van der Waals surface area contributed by atoms with Crippen molar-refractivity contribution in [1.82, 2.24) is 10.2 Å². The Morgan fingerprint density at radius 3 is 2.57 bits per heavy atom. The fraction of sp³-hybridized carbons (Fsp3) is 0.462. The topological polar surface area (TPSA) is 102 Å². The number of carbonyl (C=O) groups is 1. The zero-order valence-electron chi connectivity index (χ0n) is 12.1. The lowest BCUT2D eigenvalue weighted by molar-refractivity contribution is -0.384. The van der Waals surface area contributed by atoms with Gasteiger partial charge in [0, 0.05) is 25.2 Å². The van der Waals surface area contributed by atoms with Gasteiger partial charge in [-0.05, 0) is 13.1 Å². The van der Waals surface area contributed by atoms with Gasteiger partial charge in [0.05, 0.1) is 21.2 Å². The summed E-state index contributed by atoms with van der Waals surface area (Å²) in [6, 6.07) is 2.26. The van der Waals surface area contributed by atoms with E-state index in [2.05, 4.69) is 10.2 Å². The van der Waals surface area contributed by atoms with Crippen molar-refractivity contribution >= 4 is 28.9 Å². The van der Waals surface area contributed by atoms with Crippen LogP contribution in [0.15, 0.2) is 12.1 Å². The minimum Gasteiger partial charge on any atom is -0.397 e. The van der Waals surface area contributed by atoms with Crippen molar-refractivity contribution in [2.75, 3.05) is 31.9 Å². The Bertz CT molecular complexity index is 532. The maximum Gasteiger partial charge on any atom is 0.271 e. The molecule has 3 N–H and O–H groups in total. The van der Waals surface area contributed by atoms with Gasteiger partial charge >= 0.3 is 0 Å².